The number of anilines is 1. The molecule has 8 heteroatoms. The summed E-state index contributed by atoms with van der Waals surface area (Å²) < 4.78 is 27.9. The first kappa shape index (κ1) is 13.0. The zero-order valence-corrected chi connectivity index (χ0v) is 12.1. The second-order valence-corrected chi connectivity index (χ2v) is 6.96. The highest BCUT2D eigenvalue weighted by molar-refractivity contribution is 7.90. The highest BCUT2D eigenvalue weighted by Crippen LogP contribution is 2.36. The molecule has 0 saturated heterocycles. The predicted molar refractivity (Wildman–Crippen MR) is 75.5 cm³/mol. The number of benzene rings is 1. The summed E-state index contributed by atoms with van der Waals surface area (Å²) in [4.78, 5) is -0.0299. The van der Waals surface area contributed by atoms with E-state index in [2.05, 4.69) is 15.0 Å². The van der Waals surface area contributed by atoms with Crippen LogP contribution < -0.4 is 10.6 Å². The van der Waals surface area contributed by atoms with Gasteiger partial charge in [0.25, 0.3) is 10.0 Å². The van der Waals surface area contributed by atoms with Gasteiger partial charge >= 0.3 is 0 Å². The molecule has 1 fully saturated rings. The van der Waals surface area contributed by atoms with Crippen LogP contribution in [-0.2, 0) is 10.0 Å². The molecule has 0 aromatic heterocycles. The van der Waals surface area contributed by atoms with Crippen molar-refractivity contribution >= 4 is 44.9 Å². The molecule has 1 aromatic rings. The first-order valence-corrected chi connectivity index (χ1v) is 8.03. The number of hydrogen-bond donors (Lipinski definition) is 2. The summed E-state index contributed by atoms with van der Waals surface area (Å²) in [5.74, 6) is 0.232. The van der Waals surface area contributed by atoms with Gasteiger partial charge < -0.3 is 10.6 Å². The van der Waals surface area contributed by atoms with Crippen molar-refractivity contribution in [2.24, 2.45) is 4.40 Å². The third-order valence-electron chi connectivity index (χ3n) is 3.18. The number of guanidine groups is 1. The molecule has 0 amide bonds. The van der Waals surface area contributed by atoms with Gasteiger partial charge in [0.1, 0.15) is 4.90 Å². The average Bonchev–Trinajstić information content (AvgIpc) is 2.20. The van der Waals surface area contributed by atoms with Crippen LogP contribution in [0, 0.1) is 0 Å². The SMILES string of the molecule is O=S1(=O)N=C(NC2CCC2)Nc2cc(Cl)cc(Cl)c21. The Labute approximate surface area is 121 Å². The summed E-state index contributed by atoms with van der Waals surface area (Å²) >= 11 is 11.8. The maximum atomic E-state index is 12.1. The summed E-state index contributed by atoms with van der Waals surface area (Å²) in [7, 11) is -3.80. The lowest BCUT2D eigenvalue weighted by Gasteiger charge is -2.29. The van der Waals surface area contributed by atoms with Crippen molar-refractivity contribution in [2.75, 3.05) is 5.32 Å². The molecule has 1 aromatic carbocycles. The first-order valence-electron chi connectivity index (χ1n) is 5.83. The fourth-order valence-electron chi connectivity index (χ4n) is 2.04. The minimum absolute atomic E-state index is 0.0299. The molecule has 3 rings (SSSR count). The van der Waals surface area contributed by atoms with Crippen LogP contribution in [0.1, 0.15) is 19.3 Å². The van der Waals surface area contributed by atoms with Crippen LogP contribution in [0.4, 0.5) is 5.69 Å². The molecule has 0 radical (unpaired) electrons. The summed E-state index contributed by atoms with van der Waals surface area (Å²) in [5.41, 5.74) is 0.356. The third-order valence-corrected chi connectivity index (χ3v) is 5.18. The Balaban J connectivity index is 2.01. The quantitative estimate of drug-likeness (QED) is 0.834. The molecule has 0 spiro atoms. The van der Waals surface area contributed by atoms with Crippen LogP contribution in [-0.4, -0.2) is 20.4 Å². The van der Waals surface area contributed by atoms with E-state index in [0.29, 0.717) is 10.7 Å². The lowest BCUT2D eigenvalue weighted by atomic mass is 9.93. The third kappa shape index (κ3) is 2.40. The molecule has 0 atom stereocenters. The molecule has 5 nitrogen and oxygen atoms in total. The second-order valence-electron chi connectivity index (χ2n) is 4.58. The van der Waals surface area contributed by atoms with Gasteiger partial charge in [-0.15, -0.1) is 4.40 Å². The maximum Gasteiger partial charge on any atom is 0.289 e. The van der Waals surface area contributed by atoms with E-state index < -0.39 is 10.0 Å². The van der Waals surface area contributed by atoms with E-state index in [1.807, 2.05) is 0 Å². The molecule has 1 aliphatic heterocycles. The molecule has 1 heterocycles. The van der Waals surface area contributed by atoms with E-state index in [1.54, 1.807) is 0 Å². The van der Waals surface area contributed by atoms with Crippen molar-refractivity contribution in [2.45, 2.75) is 30.2 Å². The Kier molecular flexibility index (Phi) is 3.11. The highest BCUT2D eigenvalue weighted by atomic mass is 35.5. The van der Waals surface area contributed by atoms with Crippen molar-refractivity contribution in [3.05, 3.63) is 22.2 Å². The average molecular weight is 320 g/mol. The number of nitrogens with zero attached hydrogens (tertiary/aromatic N) is 1. The van der Waals surface area contributed by atoms with E-state index >= 15 is 0 Å². The summed E-state index contributed by atoms with van der Waals surface area (Å²) in [6, 6.07) is 3.19. The molecule has 0 bridgehead atoms. The zero-order valence-electron chi connectivity index (χ0n) is 9.78. The van der Waals surface area contributed by atoms with Crippen LogP contribution in [0.15, 0.2) is 21.4 Å². The minimum Gasteiger partial charge on any atom is -0.352 e. The number of nitrogens with one attached hydrogen (secondary N) is 2. The number of fused-ring (bicyclic) bond motifs is 1. The molecular formula is C11H11Cl2N3O2S. The maximum absolute atomic E-state index is 12.1. The van der Waals surface area contributed by atoms with Crippen molar-refractivity contribution in [3.8, 4) is 0 Å². The molecule has 19 heavy (non-hydrogen) atoms. The van der Waals surface area contributed by atoms with E-state index in [0.717, 1.165) is 19.3 Å². The Morgan fingerprint density at radius 3 is 2.68 bits per heavy atom. The van der Waals surface area contributed by atoms with Crippen molar-refractivity contribution in [3.63, 3.8) is 0 Å². The number of rotatable bonds is 1. The van der Waals surface area contributed by atoms with Crippen LogP contribution in [0.25, 0.3) is 0 Å². The fraction of sp³-hybridized carbons (Fsp3) is 0.364. The lowest BCUT2D eigenvalue weighted by Crippen LogP contribution is -2.44. The largest absolute Gasteiger partial charge is 0.352 e. The Bertz CT molecular complexity index is 669. The van der Waals surface area contributed by atoms with Gasteiger partial charge in [-0.2, -0.15) is 8.42 Å². The van der Waals surface area contributed by atoms with Crippen LogP contribution in [0.5, 0.6) is 0 Å². The van der Waals surface area contributed by atoms with Gasteiger partial charge in [0.05, 0.1) is 10.7 Å². The minimum atomic E-state index is -3.80. The Morgan fingerprint density at radius 1 is 1.32 bits per heavy atom. The van der Waals surface area contributed by atoms with Gasteiger partial charge in [0.2, 0.25) is 5.96 Å². The summed E-state index contributed by atoms with van der Waals surface area (Å²) in [5, 5.41) is 6.43. The van der Waals surface area contributed by atoms with Gasteiger partial charge in [0, 0.05) is 11.1 Å². The molecule has 2 N–H and O–H groups in total. The van der Waals surface area contributed by atoms with Gasteiger partial charge in [0.15, 0.2) is 0 Å². The Hall–Kier alpha value is -0.980. The molecular weight excluding hydrogens is 309 g/mol. The number of halogens is 2. The van der Waals surface area contributed by atoms with Crippen molar-refractivity contribution in [1.29, 1.82) is 0 Å². The predicted octanol–water partition coefficient (Wildman–Crippen LogP) is 2.61. The van der Waals surface area contributed by atoms with Gasteiger partial charge in [-0.3, -0.25) is 0 Å². The van der Waals surface area contributed by atoms with E-state index in [-0.39, 0.29) is 21.9 Å². The van der Waals surface area contributed by atoms with Crippen LogP contribution in [0.2, 0.25) is 10.0 Å². The number of hydrogen-bond acceptors (Lipinski definition) is 4. The van der Waals surface area contributed by atoms with E-state index in [9.17, 15) is 8.42 Å². The molecule has 0 unspecified atom stereocenters. The van der Waals surface area contributed by atoms with E-state index in [1.165, 1.54) is 12.1 Å². The van der Waals surface area contributed by atoms with Gasteiger partial charge in [-0.05, 0) is 31.4 Å². The summed E-state index contributed by atoms with van der Waals surface area (Å²) in [6.07, 6.45) is 3.18. The zero-order chi connectivity index (χ0) is 13.6. The Morgan fingerprint density at radius 2 is 2.05 bits per heavy atom. The second kappa shape index (κ2) is 4.54. The topological polar surface area (TPSA) is 70.6 Å². The molecule has 2 aliphatic rings. The normalized spacial score (nSPS) is 20.8. The molecule has 1 saturated carbocycles. The summed E-state index contributed by atoms with van der Waals surface area (Å²) in [6.45, 7) is 0. The standard InChI is InChI=1S/C11H11Cl2N3O2S/c12-6-4-8(13)10-9(5-6)15-11(16-19(10,17)18)14-7-2-1-3-7/h4-5,7H,1-3H2,(H2,14,15,16). The van der Waals surface area contributed by atoms with Crippen molar-refractivity contribution in [1.82, 2.24) is 5.32 Å². The van der Waals surface area contributed by atoms with Crippen molar-refractivity contribution < 1.29 is 8.42 Å². The smallest absolute Gasteiger partial charge is 0.289 e. The lowest BCUT2D eigenvalue weighted by molar-refractivity contribution is 0.383. The fourth-order valence-corrected chi connectivity index (χ4v) is 3.95. The highest BCUT2D eigenvalue weighted by Gasteiger charge is 2.30. The van der Waals surface area contributed by atoms with E-state index in [4.69, 9.17) is 23.2 Å². The van der Waals surface area contributed by atoms with Gasteiger partial charge in [-0.1, -0.05) is 23.2 Å². The first-order chi connectivity index (χ1) is 8.95. The van der Waals surface area contributed by atoms with Crippen LogP contribution >= 0.6 is 23.2 Å². The van der Waals surface area contributed by atoms with Gasteiger partial charge in [-0.25, -0.2) is 0 Å². The molecule has 1 aliphatic carbocycles. The monoisotopic (exact) mass is 319 g/mol. The van der Waals surface area contributed by atoms with Crippen LogP contribution in [0.3, 0.4) is 0 Å². The number of sulfonamides is 1. The molecule has 102 valence electrons.